The highest BCUT2D eigenvalue weighted by Crippen LogP contribution is 2.21. The highest BCUT2D eigenvalue weighted by Gasteiger charge is 2.19. The van der Waals surface area contributed by atoms with Crippen molar-refractivity contribution in [1.29, 1.82) is 0 Å². The van der Waals surface area contributed by atoms with Crippen molar-refractivity contribution in [3.63, 3.8) is 0 Å². The van der Waals surface area contributed by atoms with E-state index in [4.69, 9.17) is 9.84 Å². The van der Waals surface area contributed by atoms with Crippen LogP contribution in [0, 0.1) is 0 Å². The Morgan fingerprint density at radius 2 is 1.75 bits per heavy atom. The Hall–Kier alpha value is -1.35. The third-order valence-corrected chi connectivity index (χ3v) is 2.46. The van der Waals surface area contributed by atoms with Crippen molar-refractivity contribution in [2.75, 3.05) is 6.61 Å². The lowest BCUT2D eigenvalue weighted by atomic mass is 10.00. The summed E-state index contributed by atoms with van der Waals surface area (Å²) in [6, 6.07) is 7.55. The number of rotatable bonds is 5. The van der Waals surface area contributed by atoms with Gasteiger partial charge in [0.15, 0.2) is 6.10 Å². The molecular weight excluding hydrogens is 204 g/mol. The molecule has 0 heterocycles. The monoisotopic (exact) mass is 222 g/mol. The summed E-state index contributed by atoms with van der Waals surface area (Å²) in [5, 5.41) is 9.01. The second-order valence-electron chi connectivity index (χ2n) is 3.99. The SMILES string of the molecule is CCOC(C(=O)O)c1ccc(C(C)C)cc1. The van der Waals surface area contributed by atoms with Gasteiger partial charge in [0, 0.05) is 6.61 Å². The van der Waals surface area contributed by atoms with Crippen LogP contribution in [0.25, 0.3) is 0 Å². The van der Waals surface area contributed by atoms with E-state index in [0.717, 1.165) is 0 Å². The van der Waals surface area contributed by atoms with Crippen molar-refractivity contribution in [2.24, 2.45) is 0 Å². The fourth-order valence-electron chi connectivity index (χ4n) is 1.53. The van der Waals surface area contributed by atoms with E-state index in [0.29, 0.717) is 18.1 Å². The summed E-state index contributed by atoms with van der Waals surface area (Å²) in [7, 11) is 0. The maximum atomic E-state index is 11.0. The molecule has 3 nitrogen and oxygen atoms in total. The van der Waals surface area contributed by atoms with Gasteiger partial charge in [0.1, 0.15) is 0 Å². The highest BCUT2D eigenvalue weighted by molar-refractivity contribution is 5.74. The molecule has 0 aliphatic carbocycles. The Kier molecular flexibility index (Phi) is 4.50. The standard InChI is InChI=1S/C13H18O3/c1-4-16-12(13(14)15)11-7-5-10(6-8-11)9(2)3/h5-9,12H,4H2,1-3H3,(H,14,15). The molecule has 1 aromatic carbocycles. The Bertz CT molecular complexity index is 341. The van der Waals surface area contributed by atoms with E-state index in [2.05, 4.69) is 13.8 Å². The van der Waals surface area contributed by atoms with Gasteiger partial charge in [-0.25, -0.2) is 4.79 Å². The molecule has 0 aromatic heterocycles. The molecule has 0 spiro atoms. The van der Waals surface area contributed by atoms with Crippen molar-refractivity contribution >= 4 is 5.97 Å². The molecule has 1 rings (SSSR count). The van der Waals surface area contributed by atoms with Crippen LogP contribution in [0.2, 0.25) is 0 Å². The summed E-state index contributed by atoms with van der Waals surface area (Å²) in [6.07, 6.45) is -0.855. The zero-order valence-corrected chi connectivity index (χ0v) is 9.93. The smallest absolute Gasteiger partial charge is 0.337 e. The van der Waals surface area contributed by atoms with Crippen LogP contribution in [0.4, 0.5) is 0 Å². The van der Waals surface area contributed by atoms with Crippen LogP contribution in [0.5, 0.6) is 0 Å². The van der Waals surface area contributed by atoms with Crippen molar-refractivity contribution in [3.05, 3.63) is 35.4 Å². The Morgan fingerprint density at radius 1 is 1.25 bits per heavy atom. The minimum atomic E-state index is -0.945. The molecule has 0 amide bonds. The van der Waals surface area contributed by atoms with Gasteiger partial charge in [0.2, 0.25) is 0 Å². The third-order valence-electron chi connectivity index (χ3n) is 2.46. The third kappa shape index (κ3) is 3.07. The average Bonchev–Trinajstić information content (AvgIpc) is 2.25. The molecule has 0 aliphatic rings. The summed E-state index contributed by atoms with van der Waals surface area (Å²) < 4.78 is 5.19. The van der Waals surface area contributed by atoms with E-state index in [1.54, 1.807) is 6.92 Å². The maximum Gasteiger partial charge on any atom is 0.337 e. The molecule has 1 unspecified atom stereocenters. The van der Waals surface area contributed by atoms with E-state index in [9.17, 15) is 4.79 Å². The number of ether oxygens (including phenoxy) is 1. The van der Waals surface area contributed by atoms with Gasteiger partial charge in [-0.3, -0.25) is 0 Å². The summed E-state index contributed by atoms with van der Waals surface area (Å²) in [5.41, 5.74) is 1.89. The van der Waals surface area contributed by atoms with Gasteiger partial charge in [-0.05, 0) is 24.0 Å². The molecule has 88 valence electrons. The molecule has 1 N–H and O–H groups in total. The lowest BCUT2D eigenvalue weighted by Crippen LogP contribution is -2.15. The number of benzene rings is 1. The summed E-state index contributed by atoms with van der Waals surface area (Å²) in [5.74, 6) is -0.497. The highest BCUT2D eigenvalue weighted by atomic mass is 16.5. The van der Waals surface area contributed by atoms with Crippen molar-refractivity contribution in [3.8, 4) is 0 Å². The number of carboxylic acids is 1. The van der Waals surface area contributed by atoms with Crippen LogP contribution in [-0.4, -0.2) is 17.7 Å². The van der Waals surface area contributed by atoms with Crippen LogP contribution in [0.3, 0.4) is 0 Å². The predicted octanol–water partition coefficient (Wildman–Crippen LogP) is 2.97. The van der Waals surface area contributed by atoms with Crippen LogP contribution < -0.4 is 0 Å². The van der Waals surface area contributed by atoms with Gasteiger partial charge in [-0.2, -0.15) is 0 Å². The molecule has 0 aliphatic heterocycles. The Labute approximate surface area is 96.1 Å². The normalized spacial score (nSPS) is 12.8. The van der Waals surface area contributed by atoms with Crippen LogP contribution in [0.1, 0.15) is 43.9 Å². The summed E-state index contributed by atoms with van der Waals surface area (Å²) in [4.78, 5) is 11.0. The van der Waals surface area contributed by atoms with E-state index in [1.165, 1.54) is 5.56 Å². The lowest BCUT2D eigenvalue weighted by Gasteiger charge is -2.13. The van der Waals surface area contributed by atoms with E-state index in [-0.39, 0.29) is 0 Å². The fourth-order valence-corrected chi connectivity index (χ4v) is 1.53. The number of carbonyl (C=O) groups is 1. The molecule has 0 bridgehead atoms. The first-order chi connectivity index (χ1) is 7.56. The second-order valence-corrected chi connectivity index (χ2v) is 3.99. The molecule has 0 saturated heterocycles. The molecule has 1 atom stereocenters. The quantitative estimate of drug-likeness (QED) is 0.833. The van der Waals surface area contributed by atoms with Crippen molar-refractivity contribution in [2.45, 2.75) is 32.8 Å². The van der Waals surface area contributed by atoms with Crippen molar-refractivity contribution < 1.29 is 14.6 Å². The van der Waals surface area contributed by atoms with Gasteiger partial charge in [0.25, 0.3) is 0 Å². The Balaban J connectivity index is 2.89. The number of aliphatic carboxylic acids is 1. The number of hydrogen-bond donors (Lipinski definition) is 1. The minimum absolute atomic E-state index is 0.392. The first-order valence-electron chi connectivity index (χ1n) is 5.50. The predicted molar refractivity (Wildman–Crippen MR) is 62.5 cm³/mol. The molecule has 16 heavy (non-hydrogen) atoms. The van der Waals surface area contributed by atoms with E-state index < -0.39 is 12.1 Å². The maximum absolute atomic E-state index is 11.0. The Morgan fingerprint density at radius 3 is 2.12 bits per heavy atom. The second kappa shape index (κ2) is 5.66. The van der Waals surface area contributed by atoms with Gasteiger partial charge in [-0.15, -0.1) is 0 Å². The van der Waals surface area contributed by atoms with E-state index in [1.807, 2.05) is 24.3 Å². The van der Waals surface area contributed by atoms with Gasteiger partial charge in [0.05, 0.1) is 0 Å². The first kappa shape index (κ1) is 12.7. The van der Waals surface area contributed by atoms with Gasteiger partial charge >= 0.3 is 5.97 Å². The van der Waals surface area contributed by atoms with Gasteiger partial charge in [-0.1, -0.05) is 38.1 Å². The van der Waals surface area contributed by atoms with Crippen LogP contribution >= 0.6 is 0 Å². The summed E-state index contributed by atoms with van der Waals surface area (Å²) in [6.45, 7) is 6.39. The first-order valence-corrected chi connectivity index (χ1v) is 5.50. The fraction of sp³-hybridized carbons (Fsp3) is 0.462. The zero-order chi connectivity index (χ0) is 12.1. The van der Waals surface area contributed by atoms with Gasteiger partial charge < -0.3 is 9.84 Å². The molecular formula is C13H18O3. The largest absolute Gasteiger partial charge is 0.479 e. The number of carboxylic acid groups (broad SMARTS) is 1. The molecule has 3 heteroatoms. The van der Waals surface area contributed by atoms with Crippen molar-refractivity contribution in [1.82, 2.24) is 0 Å². The molecule has 0 radical (unpaired) electrons. The zero-order valence-electron chi connectivity index (χ0n) is 9.93. The molecule has 1 aromatic rings. The molecule has 0 saturated carbocycles. The summed E-state index contributed by atoms with van der Waals surface area (Å²) >= 11 is 0. The topological polar surface area (TPSA) is 46.5 Å². The minimum Gasteiger partial charge on any atom is -0.479 e. The van der Waals surface area contributed by atoms with Crippen LogP contribution in [0.15, 0.2) is 24.3 Å². The average molecular weight is 222 g/mol. The lowest BCUT2D eigenvalue weighted by molar-refractivity contribution is -0.150. The molecule has 0 fully saturated rings. The van der Waals surface area contributed by atoms with E-state index >= 15 is 0 Å². The number of hydrogen-bond acceptors (Lipinski definition) is 2. The van der Waals surface area contributed by atoms with Crippen LogP contribution in [-0.2, 0) is 9.53 Å².